The molecule has 55 heavy (non-hydrogen) atoms. The molecule has 256 valence electrons. The summed E-state index contributed by atoms with van der Waals surface area (Å²) in [5.74, 6) is 1.85. The first-order valence-electron chi connectivity index (χ1n) is 18.8. The van der Waals surface area contributed by atoms with Crippen LogP contribution in [0.25, 0.3) is 32.7 Å². The van der Waals surface area contributed by atoms with E-state index in [-0.39, 0.29) is 6.71 Å². The van der Waals surface area contributed by atoms with Crippen LogP contribution < -0.4 is 30.9 Å². The van der Waals surface area contributed by atoms with Gasteiger partial charge in [-0.2, -0.15) is 0 Å². The maximum absolute atomic E-state index is 6.95. The van der Waals surface area contributed by atoms with Gasteiger partial charge in [-0.05, 0) is 106 Å². The van der Waals surface area contributed by atoms with Gasteiger partial charge < -0.3 is 14.5 Å². The summed E-state index contributed by atoms with van der Waals surface area (Å²) in [6, 6.07) is 68.2. The molecule has 9 aromatic carbocycles. The average Bonchev–Trinajstić information content (AvgIpc) is 3.24. The number of rotatable bonds is 4. The Hall–Kier alpha value is -6.69. The molecular weight excluding hydrogens is 687 g/mol. The molecule has 0 amide bonds. The van der Waals surface area contributed by atoms with Crippen molar-refractivity contribution >= 4 is 90.5 Å². The number of hydrogen-bond donors (Lipinski definition) is 0. The summed E-state index contributed by atoms with van der Waals surface area (Å²) in [5.41, 5.74) is 13.1. The highest BCUT2D eigenvalue weighted by molar-refractivity contribution is 7.99. The predicted octanol–water partition coefficient (Wildman–Crippen LogP) is 12.0. The van der Waals surface area contributed by atoms with Gasteiger partial charge in [0, 0.05) is 48.7 Å². The monoisotopic (exact) mass is 718 g/mol. The molecule has 0 fully saturated rings. The smallest absolute Gasteiger partial charge is 0.256 e. The number of anilines is 6. The van der Waals surface area contributed by atoms with Crippen molar-refractivity contribution < 1.29 is 4.74 Å². The van der Waals surface area contributed by atoms with Crippen molar-refractivity contribution in [2.45, 2.75) is 9.79 Å². The SMILES string of the molecule is c1ccc(N2c3ccccc3B3c4cc5c(cc4Oc4cccc2c43)-c2ccc(N(c3ccccc3)c3cccc4ccccc34)c3cccc(c23)S5)cc1. The van der Waals surface area contributed by atoms with Crippen LogP contribution in [0.15, 0.2) is 198 Å². The van der Waals surface area contributed by atoms with Gasteiger partial charge in [-0.25, -0.2) is 0 Å². The fourth-order valence-corrected chi connectivity index (χ4v) is 10.3. The number of hydrogen-bond acceptors (Lipinski definition) is 4. The van der Waals surface area contributed by atoms with Crippen LogP contribution >= 0.6 is 11.8 Å². The van der Waals surface area contributed by atoms with Crippen LogP contribution in [0.1, 0.15) is 0 Å². The molecular formula is C50H31BN2OS. The third-order valence-electron chi connectivity index (χ3n) is 11.5. The fraction of sp³-hybridized carbons (Fsp3) is 0. The molecule has 0 saturated carbocycles. The van der Waals surface area contributed by atoms with Crippen LogP contribution in [-0.4, -0.2) is 6.71 Å². The first-order valence-corrected chi connectivity index (χ1v) is 19.6. The molecule has 3 nitrogen and oxygen atoms in total. The van der Waals surface area contributed by atoms with Crippen LogP contribution in [0.2, 0.25) is 0 Å². The molecule has 3 heterocycles. The molecule has 12 rings (SSSR count). The van der Waals surface area contributed by atoms with Gasteiger partial charge in [0.1, 0.15) is 11.5 Å². The van der Waals surface area contributed by atoms with Crippen molar-refractivity contribution in [1.29, 1.82) is 0 Å². The standard InChI is InChI=1S/C50H31BN2OS/c1-3-16-33(17-4-1)52(41-24-11-15-32-14-7-8-20-35(32)41)42-29-28-36-38-30-46-40(31-48(38)55-47-27-12-21-37(42)49(36)47)51-39-22-9-10-23-43(39)53(34-18-5-2-6-19-34)44-25-13-26-45(54-46)50(44)51/h1-31H. The molecule has 0 N–H and O–H groups in total. The van der Waals surface area contributed by atoms with Crippen LogP contribution in [0.5, 0.6) is 11.5 Å². The second-order valence-corrected chi connectivity index (χ2v) is 15.5. The largest absolute Gasteiger partial charge is 0.458 e. The van der Waals surface area contributed by atoms with Gasteiger partial charge in [0.25, 0.3) is 6.71 Å². The van der Waals surface area contributed by atoms with E-state index >= 15 is 0 Å². The summed E-state index contributed by atoms with van der Waals surface area (Å²) < 4.78 is 6.95. The minimum absolute atomic E-state index is 0.0525. The lowest BCUT2D eigenvalue weighted by molar-refractivity contribution is 0.487. The highest BCUT2D eigenvalue weighted by Crippen LogP contribution is 2.53. The molecule has 9 aromatic rings. The van der Waals surface area contributed by atoms with Gasteiger partial charge in [-0.3, -0.25) is 0 Å². The van der Waals surface area contributed by atoms with Crippen LogP contribution in [-0.2, 0) is 0 Å². The molecule has 0 spiro atoms. The minimum Gasteiger partial charge on any atom is -0.458 e. The van der Waals surface area contributed by atoms with Crippen LogP contribution in [0, 0.1) is 0 Å². The number of para-hydroxylation sites is 3. The van der Waals surface area contributed by atoms with Crippen LogP contribution in [0.4, 0.5) is 34.1 Å². The Morgan fingerprint density at radius 3 is 2.11 bits per heavy atom. The second-order valence-electron chi connectivity index (χ2n) is 14.4. The molecule has 0 saturated heterocycles. The lowest BCUT2D eigenvalue weighted by atomic mass is 9.34. The Labute approximate surface area is 324 Å². The van der Waals surface area contributed by atoms with Crippen molar-refractivity contribution in [3.05, 3.63) is 188 Å². The Kier molecular flexibility index (Phi) is 6.66. The topological polar surface area (TPSA) is 15.7 Å². The minimum atomic E-state index is 0.0525. The van der Waals surface area contributed by atoms with E-state index in [1.807, 2.05) is 11.8 Å². The Morgan fingerprint density at radius 2 is 1.20 bits per heavy atom. The van der Waals surface area contributed by atoms with Gasteiger partial charge in [-0.1, -0.05) is 127 Å². The van der Waals surface area contributed by atoms with Crippen molar-refractivity contribution in [2.75, 3.05) is 9.80 Å². The van der Waals surface area contributed by atoms with E-state index in [4.69, 9.17) is 4.74 Å². The second kappa shape index (κ2) is 11.9. The molecule has 0 aliphatic carbocycles. The van der Waals surface area contributed by atoms with E-state index in [0.717, 1.165) is 34.2 Å². The molecule has 0 atom stereocenters. The quantitative estimate of drug-likeness (QED) is 0.168. The molecule has 0 unspecified atom stereocenters. The van der Waals surface area contributed by atoms with Crippen molar-refractivity contribution in [3.8, 4) is 22.6 Å². The molecule has 3 aliphatic rings. The Morgan fingerprint density at radius 1 is 0.491 bits per heavy atom. The summed E-state index contributed by atoms with van der Waals surface area (Å²) in [5, 5.41) is 4.94. The van der Waals surface area contributed by atoms with Crippen molar-refractivity contribution in [3.63, 3.8) is 0 Å². The lowest BCUT2D eigenvalue weighted by Gasteiger charge is -2.40. The zero-order valence-electron chi connectivity index (χ0n) is 29.7. The van der Waals surface area contributed by atoms with Gasteiger partial charge in [0.2, 0.25) is 0 Å². The van der Waals surface area contributed by atoms with Gasteiger partial charge >= 0.3 is 0 Å². The lowest BCUT2D eigenvalue weighted by Crippen LogP contribution is -2.59. The third-order valence-corrected chi connectivity index (χ3v) is 12.6. The summed E-state index contributed by atoms with van der Waals surface area (Å²) in [6.45, 7) is 0.0525. The maximum Gasteiger partial charge on any atom is 0.256 e. The van der Waals surface area contributed by atoms with Crippen LogP contribution in [0.3, 0.4) is 0 Å². The predicted molar refractivity (Wildman–Crippen MR) is 232 cm³/mol. The van der Waals surface area contributed by atoms with E-state index < -0.39 is 0 Å². The molecule has 0 aromatic heterocycles. The summed E-state index contributed by atoms with van der Waals surface area (Å²) >= 11 is 1.87. The van der Waals surface area contributed by atoms with E-state index in [1.165, 1.54) is 70.2 Å². The highest BCUT2D eigenvalue weighted by atomic mass is 32.2. The molecule has 0 radical (unpaired) electrons. The van der Waals surface area contributed by atoms with E-state index in [0.29, 0.717) is 0 Å². The average molecular weight is 719 g/mol. The Bertz CT molecular complexity index is 3020. The van der Waals surface area contributed by atoms with E-state index in [9.17, 15) is 0 Å². The number of fused-ring (bicyclic) bond motifs is 7. The molecule has 5 heteroatoms. The first kappa shape index (κ1) is 30.7. The summed E-state index contributed by atoms with van der Waals surface area (Å²) in [4.78, 5) is 7.34. The van der Waals surface area contributed by atoms with Gasteiger partial charge in [0.05, 0.1) is 11.4 Å². The normalized spacial score (nSPS) is 13.1. The molecule has 3 aliphatic heterocycles. The number of benzene rings is 9. The van der Waals surface area contributed by atoms with Crippen molar-refractivity contribution in [1.82, 2.24) is 0 Å². The maximum atomic E-state index is 6.95. The van der Waals surface area contributed by atoms with E-state index in [1.54, 1.807) is 0 Å². The zero-order chi connectivity index (χ0) is 36.0. The summed E-state index contributed by atoms with van der Waals surface area (Å²) in [7, 11) is 0. The van der Waals surface area contributed by atoms with Gasteiger partial charge in [-0.15, -0.1) is 0 Å². The Balaban J connectivity index is 1.04. The fourth-order valence-electron chi connectivity index (χ4n) is 9.18. The summed E-state index contributed by atoms with van der Waals surface area (Å²) in [6.07, 6.45) is 0. The zero-order valence-corrected chi connectivity index (χ0v) is 30.5. The highest BCUT2D eigenvalue weighted by Gasteiger charge is 2.42. The van der Waals surface area contributed by atoms with E-state index in [2.05, 4.69) is 198 Å². The number of nitrogens with zero attached hydrogens (tertiary/aromatic N) is 2. The first-order chi connectivity index (χ1) is 27.3. The van der Waals surface area contributed by atoms with Gasteiger partial charge in [0.15, 0.2) is 0 Å². The molecule has 0 bridgehead atoms. The third kappa shape index (κ3) is 4.54. The number of ether oxygens (including phenoxy) is 1. The van der Waals surface area contributed by atoms with Crippen molar-refractivity contribution in [2.24, 2.45) is 0 Å².